The molecule has 1 unspecified atom stereocenters. The van der Waals surface area contributed by atoms with Gasteiger partial charge in [0.25, 0.3) is 0 Å². The summed E-state index contributed by atoms with van der Waals surface area (Å²) in [5, 5.41) is 6.97. The number of nitrogens with one attached hydrogen (secondary N) is 2. The van der Waals surface area contributed by atoms with E-state index in [1.807, 2.05) is 0 Å². The standard InChI is InChI=1S/C18H35N5/c1-5-19-18(21-16-8-6-7-9-16)20-14-17(15(2)3)23-12-10-22(4)11-13-23/h6-7,15-17H,5,8-14H2,1-4H3,(H2,19,20,21). The van der Waals surface area contributed by atoms with Crippen molar-refractivity contribution in [2.75, 3.05) is 46.3 Å². The summed E-state index contributed by atoms with van der Waals surface area (Å²) in [6.45, 7) is 13.2. The van der Waals surface area contributed by atoms with Gasteiger partial charge in [-0.25, -0.2) is 0 Å². The van der Waals surface area contributed by atoms with Gasteiger partial charge in [0.05, 0.1) is 6.54 Å². The van der Waals surface area contributed by atoms with E-state index in [0.717, 1.165) is 45.0 Å². The van der Waals surface area contributed by atoms with Crippen molar-refractivity contribution in [3.63, 3.8) is 0 Å². The van der Waals surface area contributed by atoms with Gasteiger partial charge in [-0.3, -0.25) is 9.89 Å². The summed E-state index contributed by atoms with van der Waals surface area (Å²) < 4.78 is 0. The first kappa shape index (κ1) is 18.3. The molecular weight excluding hydrogens is 286 g/mol. The summed E-state index contributed by atoms with van der Waals surface area (Å²) in [5.41, 5.74) is 0. The first-order chi connectivity index (χ1) is 11.1. The van der Waals surface area contributed by atoms with Gasteiger partial charge in [0.1, 0.15) is 0 Å². The Kier molecular flexibility index (Phi) is 7.37. The predicted octanol–water partition coefficient (Wildman–Crippen LogP) is 1.53. The zero-order valence-electron chi connectivity index (χ0n) is 15.4. The average Bonchev–Trinajstić information content (AvgIpc) is 3.02. The highest BCUT2D eigenvalue weighted by Gasteiger charge is 2.25. The molecule has 1 heterocycles. The van der Waals surface area contributed by atoms with Gasteiger partial charge in [-0.1, -0.05) is 26.0 Å². The van der Waals surface area contributed by atoms with Crippen molar-refractivity contribution in [3.8, 4) is 0 Å². The molecule has 0 saturated carbocycles. The largest absolute Gasteiger partial charge is 0.357 e. The van der Waals surface area contributed by atoms with Crippen LogP contribution in [0.25, 0.3) is 0 Å². The van der Waals surface area contributed by atoms with Crippen LogP contribution in [0.15, 0.2) is 17.1 Å². The minimum atomic E-state index is 0.508. The van der Waals surface area contributed by atoms with Gasteiger partial charge in [0.15, 0.2) is 5.96 Å². The van der Waals surface area contributed by atoms with Crippen LogP contribution in [0, 0.1) is 5.92 Å². The maximum Gasteiger partial charge on any atom is 0.191 e. The number of piperazine rings is 1. The first-order valence-corrected chi connectivity index (χ1v) is 9.22. The van der Waals surface area contributed by atoms with Gasteiger partial charge in [-0.05, 0) is 32.7 Å². The van der Waals surface area contributed by atoms with Crippen LogP contribution in [0.4, 0.5) is 0 Å². The lowest BCUT2D eigenvalue weighted by atomic mass is 10.0. The van der Waals surface area contributed by atoms with Crippen molar-refractivity contribution in [1.82, 2.24) is 20.4 Å². The SMILES string of the molecule is CCNC(=NCC(C(C)C)N1CCN(C)CC1)NC1CC=CC1. The lowest BCUT2D eigenvalue weighted by Gasteiger charge is -2.39. The van der Waals surface area contributed by atoms with Gasteiger partial charge < -0.3 is 15.5 Å². The highest BCUT2D eigenvalue weighted by atomic mass is 15.3. The van der Waals surface area contributed by atoms with Crippen LogP contribution in [-0.2, 0) is 0 Å². The number of aliphatic imine (C=N–C) groups is 1. The minimum Gasteiger partial charge on any atom is -0.357 e. The van der Waals surface area contributed by atoms with Crippen LogP contribution in [-0.4, -0.2) is 74.2 Å². The molecule has 1 fully saturated rings. The van der Waals surface area contributed by atoms with E-state index < -0.39 is 0 Å². The highest BCUT2D eigenvalue weighted by Crippen LogP contribution is 2.14. The van der Waals surface area contributed by atoms with Crippen molar-refractivity contribution in [2.45, 2.75) is 45.7 Å². The van der Waals surface area contributed by atoms with Crippen LogP contribution in [0.2, 0.25) is 0 Å². The van der Waals surface area contributed by atoms with Crippen molar-refractivity contribution in [3.05, 3.63) is 12.2 Å². The van der Waals surface area contributed by atoms with Crippen LogP contribution < -0.4 is 10.6 Å². The molecule has 2 rings (SSSR count). The second-order valence-electron chi connectivity index (χ2n) is 7.15. The van der Waals surface area contributed by atoms with E-state index in [1.54, 1.807) is 0 Å². The number of likely N-dealkylation sites (N-methyl/N-ethyl adjacent to an activating group) is 1. The van der Waals surface area contributed by atoms with Crippen molar-refractivity contribution in [1.29, 1.82) is 0 Å². The first-order valence-electron chi connectivity index (χ1n) is 9.22. The second-order valence-corrected chi connectivity index (χ2v) is 7.15. The van der Waals surface area contributed by atoms with E-state index >= 15 is 0 Å². The van der Waals surface area contributed by atoms with Crippen LogP contribution in [0.5, 0.6) is 0 Å². The van der Waals surface area contributed by atoms with Gasteiger partial charge in [0.2, 0.25) is 0 Å². The Bertz CT molecular complexity index is 388. The Balaban J connectivity index is 1.92. The molecule has 1 atom stereocenters. The van der Waals surface area contributed by atoms with Crippen molar-refractivity contribution in [2.24, 2.45) is 10.9 Å². The van der Waals surface area contributed by atoms with E-state index in [4.69, 9.17) is 4.99 Å². The zero-order valence-corrected chi connectivity index (χ0v) is 15.4. The third-order valence-electron chi connectivity index (χ3n) is 4.91. The summed E-state index contributed by atoms with van der Waals surface area (Å²) in [7, 11) is 2.21. The van der Waals surface area contributed by atoms with Gasteiger partial charge in [0, 0.05) is 44.8 Å². The van der Waals surface area contributed by atoms with E-state index in [-0.39, 0.29) is 0 Å². The molecule has 0 aromatic heterocycles. The molecule has 0 amide bonds. The molecule has 1 aliphatic carbocycles. The van der Waals surface area contributed by atoms with E-state index in [1.165, 1.54) is 13.1 Å². The summed E-state index contributed by atoms with van der Waals surface area (Å²) in [6, 6.07) is 1.04. The average molecular weight is 322 g/mol. The molecule has 5 heteroatoms. The fourth-order valence-electron chi connectivity index (χ4n) is 3.33. The highest BCUT2D eigenvalue weighted by molar-refractivity contribution is 5.80. The Morgan fingerprint density at radius 1 is 1.17 bits per heavy atom. The minimum absolute atomic E-state index is 0.508. The van der Waals surface area contributed by atoms with E-state index in [0.29, 0.717) is 18.0 Å². The predicted molar refractivity (Wildman–Crippen MR) is 99.0 cm³/mol. The monoisotopic (exact) mass is 321 g/mol. The van der Waals surface area contributed by atoms with Gasteiger partial charge in [-0.2, -0.15) is 0 Å². The summed E-state index contributed by atoms with van der Waals surface area (Å²) >= 11 is 0. The number of nitrogens with zero attached hydrogens (tertiary/aromatic N) is 3. The van der Waals surface area contributed by atoms with Crippen LogP contribution >= 0.6 is 0 Å². The third-order valence-corrected chi connectivity index (χ3v) is 4.91. The van der Waals surface area contributed by atoms with Crippen molar-refractivity contribution < 1.29 is 0 Å². The molecule has 0 aromatic carbocycles. The fourth-order valence-corrected chi connectivity index (χ4v) is 3.33. The van der Waals surface area contributed by atoms with E-state index in [9.17, 15) is 0 Å². The number of guanidine groups is 1. The lowest BCUT2D eigenvalue weighted by Crippen LogP contribution is -2.52. The molecular formula is C18H35N5. The Labute approximate surface area is 142 Å². The number of hydrogen-bond acceptors (Lipinski definition) is 3. The maximum absolute atomic E-state index is 4.90. The third kappa shape index (κ3) is 5.81. The second kappa shape index (κ2) is 9.28. The smallest absolute Gasteiger partial charge is 0.191 e. The molecule has 0 spiro atoms. The normalized spacial score (nSPS) is 22.7. The molecule has 5 nitrogen and oxygen atoms in total. The lowest BCUT2D eigenvalue weighted by molar-refractivity contribution is 0.0925. The Hall–Kier alpha value is -1.07. The zero-order chi connectivity index (χ0) is 16.7. The van der Waals surface area contributed by atoms with Gasteiger partial charge in [-0.15, -0.1) is 0 Å². The molecule has 1 saturated heterocycles. The topological polar surface area (TPSA) is 42.9 Å². The summed E-state index contributed by atoms with van der Waals surface area (Å²) in [4.78, 5) is 9.94. The molecule has 1 aliphatic heterocycles. The van der Waals surface area contributed by atoms with E-state index in [2.05, 4.69) is 60.4 Å². The van der Waals surface area contributed by atoms with Crippen LogP contribution in [0.3, 0.4) is 0 Å². The molecule has 0 bridgehead atoms. The molecule has 0 radical (unpaired) electrons. The van der Waals surface area contributed by atoms with Crippen LogP contribution in [0.1, 0.15) is 33.6 Å². The number of rotatable bonds is 6. The quantitative estimate of drug-likeness (QED) is 0.442. The number of hydrogen-bond donors (Lipinski definition) is 2. The van der Waals surface area contributed by atoms with Gasteiger partial charge >= 0.3 is 0 Å². The Morgan fingerprint density at radius 3 is 2.39 bits per heavy atom. The fraction of sp³-hybridized carbons (Fsp3) is 0.833. The molecule has 0 aromatic rings. The Morgan fingerprint density at radius 2 is 1.83 bits per heavy atom. The summed E-state index contributed by atoms with van der Waals surface area (Å²) in [5.74, 6) is 1.60. The maximum atomic E-state index is 4.90. The molecule has 132 valence electrons. The summed E-state index contributed by atoms with van der Waals surface area (Å²) in [6.07, 6.45) is 6.72. The van der Waals surface area contributed by atoms with Crippen molar-refractivity contribution >= 4 is 5.96 Å². The molecule has 23 heavy (non-hydrogen) atoms. The molecule has 2 aliphatic rings. The molecule has 2 N–H and O–H groups in total.